The lowest BCUT2D eigenvalue weighted by Crippen LogP contribution is -2.13. The summed E-state index contributed by atoms with van der Waals surface area (Å²) in [5, 5.41) is 14.2. The van der Waals surface area contributed by atoms with Gasteiger partial charge < -0.3 is 10.4 Å². The number of halogens is 2. The molecule has 0 aliphatic rings. The molecular weight excluding hydrogens is 397 g/mol. The molecule has 3 N–H and O–H groups in total. The Morgan fingerprint density at radius 2 is 1.96 bits per heavy atom. The Balaban J connectivity index is 1.63. The van der Waals surface area contributed by atoms with Gasteiger partial charge in [-0.05, 0) is 30.7 Å². The van der Waals surface area contributed by atoms with Gasteiger partial charge >= 0.3 is 0 Å². The van der Waals surface area contributed by atoms with Crippen LogP contribution in [0.3, 0.4) is 0 Å². The number of aryl methyl sites for hydroxylation is 1. The van der Waals surface area contributed by atoms with Gasteiger partial charge in [-0.25, -0.2) is 10.1 Å². The van der Waals surface area contributed by atoms with Gasteiger partial charge in [0.25, 0.3) is 5.95 Å². The fourth-order valence-electron chi connectivity index (χ4n) is 2.95. The molecular formula is C19H17Cl2N7. The molecule has 0 amide bonds. The summed E-state index contributed by atoms with van der Waals surface area (Å²) < 4.78 is 3.48. The fourth-order valence-corrected chi connectivity index (χ4v) is 3.27. The second-order valence-corrected chi connectivity index (χ2v) is 7.10. The maximum Gasteiger partial charge on any atom is 0.263 e. The van der Waals surface area contributed by atoms with Crippen LogP contribution in [0, 0.1) is 6.92 Å². The van der Waals surface area contributed by atoms with E-state index >= 15 is 0 Å². The first-order valence-corrected chi connectivity index (χ1v) is 9.26. The van der Waals surface area contributed by atoms with Crippen molar-refractivity contribution in [2.24, 2.45) is 5.10 Å². The van der Waals surface area contributed by atoms with E-state index < -0.39 is 0 Å². The van der Waals surface area contributed by atoms with E-state index in [0.29, 0.717) is 28.4 Å². The summed E-state index contributed by atoms with van der Waals surface area (Å²) >= 11 is 12.2. The quantitative estimate of drug-likeness (QED) is 0.293. The zero-order chi connectivity index (χ0) is 19.7. The summed E-state index contributed by atoms with van der Waals surface area (Å²) in [6.07, 6.45) is 3.77. The third kappa shape index (κ3) is 3.54. The zero-order valence-electron chi connectivity index (χ0n) is 15.0. The Bertz CT molecular complexity index is 1180. The molecule has 7 nitrogen and oxygen atoms in total. The van der Waals surface area contributed by atoms with Crippen LogP contribution < -0.4 is 11.3 Å². The summed E-state index contributed by atoms with van der Waals surface area (Å²) in [6, 6.07) is 13.8. The minimum atomic E-state index is 0.369. The molecule has 0 spiro atoms. The van der Waals surface area contributed by atoms with Crippen molar-refractivity contribution in [3.05, 3.63) is 75.7 Å². The highest BCUT2D eigenvalue weighted by molar-refractivity contribution is 6.42. The first kappa shape index (κ1) is 18.3. The topological polar surface area (TPSA) is 86.0 Å². The molecule has 4 aromatic rings. The number of para-hydroxylation sites is 1. The van der Waals surface area contributed by atoms with Crippen LogP contribution in [-0.4, -0.2) is 25.7 Å². The molecule has 0 saturated carbocycles. The molecule has 28 heavy (non-hydrogen) atoms. The number of hydrazone groups is 1. The third-order valence-electron chi connectivity index (χ3n) is 4.39. The van der Waals surface area contributed by atoms with E-state index in [1.165, 1.54) is 4.68 Å². The number of nitrogen functional groups attached to an aromatic ring is 1. The second-order valence-electron chi connectivity index (χ2n) is 6.29. The van der Waals surface area contributed by atoms with Crippen LogP contribution in [0.5, 0.6) is 0 Å². The molecule has 0 bridgehead atoms. The number of nitrogens with one attached hydrogen (secondary N) is 1. The van der Waals surface area contributed by atoms with E-state index in [2.05, 4.69) is 37.4 Å². The predicted molar refractivity (Wildman–Crippen MR) is 114 cm³/mol. The molecule has 0 unspecified atom stereocenters. The summed E-state index contributed by atoms with van der Waals surface area (Å²) in [7, 11) is 0. The van der Waals surface area contributed by atoms with Gasteiger partial charge in [-0.2, -0.15) is 5.10 Å². The van der Waals surface area contributed by atoms with Crippen molar-refractivity contribution in [3.8, 4) is 0 Å². The van der Waals surface area contributed by atoms with Crippen molar-refractivity contribution in [2.45, 2.75) is 13.5 Å². The predicted octanol–water partition coefficient (Wildman–Crippen LogP) is 4.06. The Morgan fingerprint density at radius 1 is 1.14 bits per heavy atom. The van der Waals surface area contributed by atoms with Gasteiger partial charge in [0.2, 0.25) is 0 Å². The minimum absolute atomic E-state index is 0.369. The molecule has 4 rings (SSSR count). The summed E-state index contributed by atoms with van der Waals surface area (Å²) in [5.41, 5.74) is 5.92. The SMILES string of the molecule is Cc1nnc(N/N=C/c2cn(Cc3ccc(Cl)c(Cl)c3)c3ccccc23)n1N. The van der Waals surface area contributed by atoms with Crippen molar-refractivity contribution >= 4 is 46.3 Å². The molecule has 142 valence electrons. The van der Waals surface area contributed by atoms with Gasteiger partial charge in [0.15, 0.2) is 5.82 Å². The van der Waals surface area contributed by atoms with E-state index in [0.717, 1.165) is 22.0 Å². The maximum absolute atomic E-state index is 6.15. The van der Waals surface area contributed by atoms with Crippen molar-refractivity contribution in [3.63, 3.8) is 0 Å². The number of fused-ring (bicyclic) bond motifs is 1. The third-order valence-corrected chi connectivity index (χ3v) is 5.13. The number of anilines is 1. The molecule has 2 aromatic carbocycles. The summed E-state index contributed by atoms with van der Waals surface area (Å²) in [4.78, 5) is 0. The van der Waals surface area contributed by atoms with Crippen LogP contribution in [0.1, 0.15) is 17.0 Å². The molecule has 9 heteroatoms. The monoisotopic (exact) mass is 413 g/mol. The number of nitrogens with two attached hydrogens (primary N) is 1. The van der Waals surface area contributed by atoms with E-state index in [-0.39, 0.29) is 0 Å². The van der Waals surface area contributed by atoms with E-state index in [9.17, 15) is 0 Å². The van der Waals surface area contributed by atoms with Crippen molar-refractivity contribution < 1.29 is 0 Å². The second kappa shape index (κ2) is 7.53. The van der Waals surface area contributed by atoms with Gasteiger partial charge in [0.05, 0.1) is 16.3 Å². The Morgan fingerprint density at radius 3 is 2.71 bits per heavy atom. The van der Waals surface area contributed by atoms with Crippen molar-refractivity contribution in [2.75, 3.05) is 11.3 Å². The van der Waals surface area contributed by atoms with Gasteiger partial charge in [-0.3, -0.25) is 0 Å². The van der Waals surface area contributed by atoms with Crippen LogP contribution >= 0.6 is 23.2 Å². The highest BCUT2D eigenvalue weighted by atomic mass is 35.5. The van der Waals surface area contributed by atoms with Gasteiger partial charge in [-0.1, -0.05) is 47.5 Å². The Hall–Kier alpha value is -3.03. The minimum Gasteiger partial charge on any atom is -0.342 e. The standard InChI is InChI=1S/C19H17Cl2N7/c1-12-24-26-19(28(12)22)25-23-9-14-11-27(18-5-3-2-4-15(14)18)10-13-6-7-16(20)17(21)8-13/h2-9,11H,10,22H2,1H3,(H,25,26)/b23-9+. The van der Waals surface area contributed by atoms with E-state index in [4.69, 9.17) is 29.0 Å². The number of aromatic nitrogens is 4. The fraction of sp³-hybridized carbons (Fsp3) is 0.105. The molecule has 0 aliphatic carbocycles. The molecule has 2 aromatic heterocycles. The van der Waals surface area contributed by atoms with E-state index in [1.807, 2.05) is 36.5 Å². The normalized spacial score (nSPS) is 11.5. The average molecular weight is 414 g/mol. The highest BCUT2D eigenvalue weighted by Crippen LogP contribution is 2.25. The summed E-state index contributed by atoms with van der Waals surface area (Å²) in [6.45, 7) is 2.42. The van der Waals surface area contributed by atoms with E-state index in [1.54, 1.807) is 13.1 Å². The lowest BCUT2D eigenvalue weighted by Gasteiger charge is -2.06. The lowest BCUT2D eigenvalue weighted by molar-refractivity contribution is 0.836. The van der Waals surface area contributed by atoms with Crippen LogP contribution in [0.2, 0.25) is 10.0 Å². The summed E-state index contributed by atoms with van der Waals surface area (Å²) in [5.74, 6) is 6.78. The average Bonchev–Trinajstić information content (AvgIpc) is 3.20. The molecule has 0 atom stereocenters. The van der Waals surface area contributed by atoms with Crippen LogP contribution in [-0.2, 0) is 6.54 Å². The van der Waals surface area contributed by atoms with Crippen LogP contribution in [0.15, 0.2) is 53.8 Å². The van der Waals surface area contributed by atoms with Gasteiger partial charge in [-0.15, -0.1) is 10.2 Å². The highest BCUT2D eigenvalue weighted by Gasteiger charge is 2.09. The first-order chi connectivity index (χ1) is 13.5. The molecule has 0 fully saturated rings. The lowest BCUT2D eigenvalue weighted by atomic mass is 10.2. The van der Waals surface area contributed by atoms with Crippen LogP contribution in [0.25, 0.3) is 10.9 Å². The Kier molecular flexibility index (Phi) is 4.93. The van der Waals surface area contributed by atoms with Gasteiger partial charge in [0.1, 0.15) is 0 Å². The molecule has 0 radical (unpaired) electrons. The maximum atomic E-state index is 6.15. The molecule has 2 heterocycles. The number of benzene rings is 2. The Labute approximate surface area is 171 Å². The van der Waals surface area contributed by atoms with Crippen LogP contribution in [0.4, 0.5) is 5.95 Å². The number of nitrogens with zero attached hydrogens (tertiary/aromatic N) is 5. The number of hydrogen-bond acceptors (Lipinski definition) is 5. The van der Waals surface area contributed by atoms with Crippen molar-refractivity contribution in [1.29, 1.82) is 0 Å². The molecule has 0 saturated heterocycles. The molecule has 0 aliphatic heterocycles. The van der Waals surface area contributed by atoms with Crippen molar-refractivity contribution in [1.82, 2.24) is 19.4 Å². The smallest absolute Gasteiger partial charge is 0.263 e. The number of rotatable bonds is 5. The number of hydrogen-bond donors (Lipinski definition) is 2. The zero-order valence-corrected chi connectivity index (χ0v) is 16.5. The largest absolute Gasteiger partial charge is 0.342 e. The first-order valence-electron chi connectivity index (χ1n) is 8.51. The van der Waals surface area contributed by atoms with Gasteiger partial charge in [0, 0.05) is 29.2 Å².